The number of ether oxygens (including phenoxy) is 1. The van der Waals surface area contributed by atoms with Crippen LogP contribution in [0.1, 0.15) is 29.2 Å². The van der Waals surface area contributed by atoms with Crippen LogP contribution in [0.4, 0.5) is 0 Å². The van der Waals surface area contributed by atoms with Crippen LogP contribution in [0.25, 0.3) is 0 Å². The van der Waals surface area contributed by atoms with E-state index >= 15 is 0 Å². The zero-order valence-electron chi connectivity index (χ0n) is 15.5. The van der Waals surface area contributed by atoms with Crippen molar-refractivity contribution in [3.05, 3.63) is 70.2 Å². The van der Waals surface area contributed by atoms with Crippen LogP contribution in [-0.4, -0.2) is 42.6 Å². The second-order valence-corrected chi connectivity index (χ2v) is 8.08. The van der Waals surface area contributed by atoms with Crippen molar-refractivity contribution in [2.75, 3.05) is 19.7 Å². The van der Waals surface area contributed by atoms with Gasteiger partial charge in [0.05, 0.1) is 19.1 Å². The minimum absolute atomic E-state index is 0.0697. The van der Waals surface area contributed by atoms with Gasteiger partial charge < -0.3 is 10.1 Å². The van der Waals surface area contributed by atoms with Gasteiger partial charge in [0.2, 0.25) is 5.91 Å². The molecule has 0 radical (unpaired) electrons. The lowest BCUT2D eigenvalue weighted by molar-refractivity contribution is -0.121. The lowest BCUT2D eigenvalue weighted by atomic mass is 10.1. The number of carbonyl (C=O) groups is 1. The number of aryl methyl sites for hydroxylation is 1. The van der Waals surface area contributed by atoms with Crippen LogP contribution in [0.15, 0.2) is 48.5 Å². The molecule has 4 nitrogen and oxygen atoms in total. The van der Waals surface area contributed by atoms with Crippen molar-refractivity contribution >= 4 is 17.5 Å². The van der Waals surface area contributed by atoms with Gasteiger partial charge in [0.15, 0.2) is 0 Å². The van der Waals surface area contributed by atoms with Crippen LogP contribution in [0, 0.1) is 6.92 Å². The summed E-state index contributed by atoms with van der Waals surface area (Å²) in [7, 11) is 0. The van der Waals surface area contributed by atoms with Gasteiger partial charge in [0, 0.05) is 30.2 Å². The van der Waals surface area contributed by atoms with Gasteiger partial charge in [0.25, 0.3) is 0 Å². The number of hydrogen-bond acceptors (Lipinski definition) is 3. The molecule has 27 heavy (non-hydrogen) atoms. The van der Waals surface area contributed by atoms with E-state index in [0.29, 0.717) is 19.1 Å². The molecule has 0 aromatic heterocycles. The number of rotatable bonds is 4. The molecular weight excluding hydrogens is 360 g/mol. The van der Waals surface area contributed by atoms with Crippen molar-refractivity contribution in [2.45, 2.75) is 38.0 Å². The topological polar surface area (TPSA) is 41.6 Å². The summed E-state index contributed by atoms with van der Waals surface area (Å²) in [6.07, 6.45) is 1.46. The summed E-state index contributed by atoms with van der Waals surface area (Å²) in [5.74, 6) is 0.0978. The molecule has 0 bridgehead atoms. The van der Waals surface area contributed by atoms with Crippen LogP contribution < -0.4 is 5.32 Å². The third-order valence-electron chi connectivity index (χ3n) is 5.47. The van der Waals surface area contributed by atoms with Gasteiger partial charge in [-0.1, -0.05) is 53.6 Å². The minimum Gasteiger partial charge on any atom is -0.371 e. The summed E-state index contributed by atoms with van der Waals surface area (Å²) in [4.78, 5) is 14.9. The fraction of sp³-hybridized carbons (Fsp3) is 0.409. The highest BCUT2D eigenvalue weighted by molar-refractivity contribution is 6.30. The largest absolute Gasteiger partial charge is 0.371 e. The van der Waals surface area contributed by atoms with Crippen LogP contribution in [-0.2, 0) is 16.0 Å². The Hall–Kier alpha value is -1.88. The van der Waals surface area contributed by atoms with Crippen LogP contribution in [0.3, 0.4) is 0 Å². The third-order valence-corrected chi connectivity index (χ3v) is 5.72. The van der Waals surface area contributed by atoms with Crippen LogP contribution in [0.2, 0.25) is 5.02 Å². The molecule has 0 unspecified atom stereocenters. The minimum atomic E-state index is 0.0697. The highest BCUT2D eigenvalue weighted by Gasteiger charge is 2.38. The second kappa shape index (κ2) is 8.01. The van der Waals surface area contributed by atoms with Gasteiger partial charge in [0.1, 0.15) is 0 Å². The standard InChI is InChI=1S/C22H25ClN2O2/c1-15-3-2-4-16(9-15)10-22(26)24-19-11-20-14-27-21(13-25(20)12-19)17-5-7-18(23)8-6-17/h2-9,19-21H,10-14H2,1H3,(H,24,26)/t19-,20-,21+/m0/s1. The summed E-state index contributed by atoms with van der Waals surface area (Å²) in [5, 5.41) is 3.95. The lowest BCUT2D eigenvalue weighted by Crippen LogP contribution is -2.43. The molecule has 0 aliphatic carbocycles. The smallest absolute Gasteiger partial charge is 0.224 e. The first-order valence-electron chi connectivity index (χ1n) is 9.53. The van der Waals surface area contributed by atoms with Crippen molar-refractivity contribution in [1.29, 1.82) is 0 Å². The number of morpholine rings is 1. The predicted octanol–water partition coefficient (Wildman–Crippen LogP) is 3.52. The maximum atomic E-state index is 12.4. The summed E-state index contributed by atoms with van der Waals surface area (Å²) < 4.78 is 6.08. The molecule has 2 saturated heterocycles. The SMILES string of the molecule is Cc1cccc(CC(=O)N[C@H]2C[C@H]3CO[C@@H](c4ccc(Cl)cc4)CN3C2)c1. The molecule has 2 aliphatic heterocycles. The van der Waals surface area contributed by atoms with Gasteiger partial charge in [-0.05, 0) is 36.6 Å². The molecule has 4 rings (SSSR count). The summed E-state index contributed by atoms with van der Waals surface area (Å²) in [5.41, 5.74) is 3.41. The number of hydrogen-bond donors (Lipinski definition) is 1. The monoisotopic (exact) mass is 384 g/mol. The van der Waals surface area contributed by atoms with Crippen molar-refractivity contribution < 1.29 is 9.53 Å². The fourth-order valence-corrected chi connectivity index (χ4v) is 4.27. The lowest BCUT2D eigenvalue weighted by Gasteiger charge is -2.35. The van der Waals surface area contributed by atoms with Gasteiger partial charge in [-0.2, -0.15) is 0 Å². The van der Waals surface area contributed by atoms with E-state index in [1.165, 1.54) is 5.56 Å². The van der Waals surface area contributed by atoms with E-state index in [9.17, 15) is 4.79 Å². The Morgan fingerprint density at radius 2 is 2.04 bits per heavy atom. The van der Waals surface area contributed by atoms with Crippen molar-refractivity contribution in [1.82, 2.24) is 10.2 Å². The highest BCUT2D eigenvalue weighted by atomic mass is 35.5. The highest BCUT2D eigenvalue weighted by Crippen LogP contribution is 2.30. The molecule has 0 saturated carbocycles. The molecule has 1 N–H and O–H groups in total. The molecular formula is C22H25ClN2O2. The first kappa shape index (κ1) is 18.5. The molecule has 1 amide bonds. The molecule has 2 heterocycles. The summed E-state index contributed by atoms with van der Waals surface area (Å²) >= 11 is 5.98. The van der Waals surface area contributed by atoms with Gasteiger partial charge in [-0.15, -0.1) is 0 Å². The van der Waals surface area contributed by atoms with Crippen molar-refractivity contribution in [3.8, 4) is 0 Å². The Balaban J connectivity index is 1.31. The number of fused-ring (bicyclic) bond motifs is 1. The van der Waals surface area contributed by atoms with Gasteiger partial charge in [-0.3, -0.25) is 9.69 Å². The van der Waals surface area contributed by atoms with E-state index < -0.39 is 0 Å². The average molecular weight is 385 g/mol. The third kappa shape index (κ3) is 4.52. The fourth-order valence-electron chi connectivity index (χ4n) is 4.14. The van der Waals surface area contributed by atoms with Gasteiger partial charge >= 0.3 is 0 Å². The van der Waals surface area contributed by atoms with Crippen LogP contribution >= 0.6 is 11.6 Å². The zero-order chi connectivity index (χ0) is 18.8. The Morgan fingerprint density at radius 3 is 2.81 bits per heavy atom. The van der Waals surface area contributed by atoms with Gasteiger partial charge in [-0.25, -0.2) is 0 Å². The number of amides is 1. The zero-order valence-corrected chi connectivity index (χ0v) is 16.3. The van der Waals surface area contributed by atoms with E-state index in [2.05, 4.69) is 16.3 Å². The van der Waals surface area contributed by atoms with Crippen LogP contribution in [0.5, 0.6) is 0 Å². The normalized spacial score (nSPS) is 25.2. The number of halogens is 1. The second-order valence-electron chi connectivity index (χ2n) is 7.65. The first-order valence-corrected chi connectivity index (χ1v) is 9.90. The molecule has 0 spiro atoms. The first-order chi connectivity index (χ1) is 13.1. The predicted molar refractivity (Wildman–Crippen MR) is 107 cm³/mol. The summed E-state index contributed by atoms with van der Waals surface area (Å²) in [6.45, 7) is 4.50. The molecule has 2 aromatic carbocycles. The van der Waals surface area contributed by atoms with E-state index in [1.807, 2.05) is 49.4 Å². The van der Waals surface area contributed by atoms with E-state index in [1.54, 1.807) is 0 Å². The average Bonchev–Trinajstić information content (AvgIpc) is 3.03. The van der Waals surface area contributed by atoms with E-state index in [4.69, 9.17) is 16.3 Å². The molecule has 2 aliphatic rings. The summed E-state index contributed by atoms with van der Waals surface area (Å²) in [6, 6.07) is 16.6. The molecule has 142 valence electrons. The Bertz CT molecular complexity index is 808. The van der Waals surface area contributed by atoms with Crippen molar-refractivity contribution in [3.63, 3.8) is 0 Å². The molecule has 5 heteroatoms. The van der Waals surface area contributed by atoms with E-state index in [0.717, 1.165) is 35.7 Å². The Labute approximate surface area is 165 Å². The molecule has 2 aromatic rings. The molecule has 3 atom stereocenters. The molecule has 2 fully saturated rings. The Kier molecular flexibility index (Phi) is 5.48. The Morgan fingerprint density at radius 1 is 1.22 bits per heavy atom. The maximum absolute atomic E-state index is 12.4. The number of nitrogens with one attached hydrogen (secondary N) is 1. The number of nitrogens with zero attached hydrogens (tertiary/aromatic N) is 1. The number of carbonyl (C=O) groups excluding carboxylic acids is 1. The van der Waals surface area contributed by atoms with E-state index in [-0.39, 0.29) is 18.1 Å². The number of benzene rings is 2. The quantitative estimate of drug-likeness (QED) is 0.876. The maximum Gasteiger partial charge on any atom is 0.224 e. The van der Waals surface area contributed by atoms with Crippen molar-refractivity contribution in [2.24, 2.45) is 0 Å².